The number of para-hydroxylation sites is 1. The molecule has 4 aromatic rings. The Balaban J connectivity index is 1.42. The van der Waals surface area contributed by atoms with Gasteiger partial charge in [-0.15, -0.1) is 0 Å². The van der Waals surface area contributed by atoms with E-state index in [4.69, 9.17) is 22.9 Å². The summed E-state index contributed by atoms with van der Waals surface area (Å²) < 4.78 is 0. The average Bonchev–Trinajstić information content (AvgIpc) is 4.25. The number of aliphatic hydroxyl groups excluding tert-OH is 1. The number of carbonyl (C=O) groups excluding carboxylic acids is 9. The molecule has 1 saturated heterocycles. The van der Waals surface area contributed by atoms with E-state index in [-0.39, 0.29) is 87.8 Å². The predicted molar refractivity (Wildman–Crippen MR) is 317 cm³/mol. The first-order valence-electron chi connectivity index (χ1n) is 28.4. The molecule has 0 unspecified atom stereocenters. The van der Waals surface area contributed by atoms with Gasteiger partial charge in [0.15, 0.2) is 12.0 Å². The number of carboxylic acid groups (broad SMARTS) is 2. The Bertz CT molecular complexity index is 3170. The summed E-state index contributed by atoms with van der Waals surface area (Å²) in [6.45, 7) is 4.79. The molecule has 0 aliphatic carbocycles. The number of aromatic amines is 1. The molecule has 3 aromatic carbocycles. The molecule has 30 heteroatoms. The molecule has 21 N–H and O–H groups in total. The molecule has 1 fully saturated rings. The zero-order valence-corrected chi connectivity index (χ0v) is 48.8. The summed E-state index contributed by atoms with van der Waals surface area (Å²) in [5, 5.41) is 67.9. The largest absolute Gasteiger partial charge is 0.508 e. The number of H-pyrrole nitrogens is 1. The number of aromatic nitrogens is 1. The predicted octanol–water partition coefficient (Wildman–Crippen LogP) is -2.77. The quantitative estimate of drug-likeness (QED) is 0.0130. The first kappa shape index (κ1) is 68.9. The number of primary amides is 1. The molecule has 30 nitrogen and oxygen atoms in total. The first-order chi connectivity index (χ1) is 41.6. The van der Waals surface area contributed by atoms with Crippen molar-refractivity contribution in [2.24, 2.45) is 33.8 Å². The van der Waals surface area contributed by atoms with Crippen LogP contribution in [0.25, 0.3) is 10.9 Å². The van der Waals surface area contributed by atoms with Crippen LogP contribution in [0.3, 0.4) is 0 Å². The van der Waals surface area contributed by atoms with Crippen LogP contribution in [-0.2, 0) is 72.0 Å². The summed E-state index contributed by atoms with van der Waals surface area (Å²) in [6, 6.07) is 3.65. The summed E-state index contributed by atoms with van der Waals surface area (Å²) >= 11 is 0. The molecule has 476 valence electrons. The molecule has 0 saturated carbocycles. The number of aliphatic hydroxyl groups is 1. The average molecular weight is 1230 g/mol. The third-order valence-electron chi connectivity index (χ3n) is 14.3. The van der Waals surface area contributed by atoms with Crippen LogP contribution in [-0.4, -0.2) is 180 Å². The number of aliphatic imine (C=N–C) groups is 1. The summed E-state index contributed by atoms with van der Waals surface area (Å²) in [7, 11) is 0. The van der Waals surface area contributed by atoms with E-state index in [9.17, 15) is 78.3 Å². The summed E-state index contributed by atoms with van der Waals surface area (Å²) in [4.78, 5) is 159. The minimum Gasteiger partial charge on any atom is -0.508 e. The van der Waals surface area contributed by atoms with Crippen LogP contribution in [0.1, 0.15) is 82.4 Å². The number of aromatic hydroxyl groups is 2. The summed E-state index contributed by atoms with van der Waals surface area (Å²) in [6.07, 6.45) is -2.35. The molecule has 1 aliphatic rings. The maximum absolute atomic E-state index is 14.9. The third kappa shape index (κ3) is 21.0. The van der Waals surface area contributed by atoms with Crippen molar-refractivity contribution in [2.75, 3.05) is 13.1 Å². The van der Waals surface area contributed by atoms with Gasteiger partial charge in [-0.1, -0.05) is 56.3 Å². The zero-order valence-electron chi connectivity index (χ0n) is 48.8. The summed E-state index contributed by atoms with van der Waals surface area (Å²) in [5.41, 5.74) is 24.6. The molecule has 0 radical (unpaired) electrons. The number of amides is 9. The van der Waals surface area contributed by atoms with Gasteiger partial charge in [0.1, 0.15) is 53.8 Å². The SMILES string of the molecule is CC(C)C[C@H](N)C(=O)N[C@@H](CCCN=C(N)N)C(=O)N[C@@H](Cc1ccc(O)cc1)C(=O)N[C@@H](CC(=O)O)C(=O)N[C@@H](CC(N)=O)C(=O)N[C@@H](Cc1ccc(O)cc1)C(=O)N1CCC[C@H]1C(=O)N[C@@H](Cc1c[nH]c2ccccc12)C(=O)N[C@H](C(=O)O)[C@@H](C)O. The fourth-order valence-electron chi connectivity index (χ4n) is 9.84. The number of rotatable bonds is 33. The minimum atomic E-state index is -2.06. The lowest BCUT2D eigenvalue weighted by Gasteiger charge is -2.31. The van der Waals surface area contributed by atoms with Gasteiger partial charge >= 0.3 is 11.9 Å². The highest BCUT2D eigenvalue weighted by Crippen LogP contribution is 2.24. The number of aliphatic carboxylic acids is 2. The van der Waals surface area contributed by atoms with E-state index in [2.05, 4.69) is 47.2 Å². The Morgan fingerprint density at radius 2 is 1.15 bits per heavy atom. The van der Waals surface area contributed by atoms with Gasteiger partial charge < -0.3 is 95.6 Å². The Morgan fingerprint density at radius 1 is 0.636 bits per heavy atom. The number of nitrogens with one attached hydrogen (secondary N) is 8. The second-order valence-corrected chi connectivity index (χ2v) is 21.9. The maximum Gasteiger partial charge on any atom is 0.328 e. The number of hydrogen-bond acceptors (Lipinski definition) is 16. The van der Waals surface area contributed by atoms with Crippen LogP contribution < -0.4 is 60.2 Å². The van der Waals surface area contributed by atoms with E-state index in [1.54, 1.807) is 30.5 Å². The van der Waals surface area contributed by atoms with Crippen LogP contribution in [0.2, 0.25) is 0 Å². The van der Waals surface area contributed by atoms with Crippen molar-refractivity contribution in [3.05, 3.63) is 95.7 Å². The lowest BCUT2D eigenvalue weighted by molar-refractivity contribution is -0.145. The molecular formula is C58H78N14O16. The van der Waals surface area contributed by atoms with Crippen molar-refractivity contribution in [1.82, 2.24) is 47.1 Å². The Labute approximate surface area is 505 Å². The van der Waals surface area contributed by atoms with Crippen LogP contribution in [0.15, 0.2) is 84.0 Å². The van der Waals surface area contributed by atoms with Gasteiger partial charge in [0.2, 0.25) is 53.2 Å². The highest BCUT2D eigenvalue weighted by Gasteiger charge is 2.41. The van der Waals surface area contributed by atoms with Gasteiger partial charge in [0.05, 0.1) is 25.0 Å². The molecule has 0 spiro atoms. The maximum atomic E-state index is 14.9. The molecule has 1 aromatic heterocycles. The van der Waals surface area contributed by atoms with Crippen molar-refractivity contribution in [1.29, 1.82) is 0 Å². The van der Waals surface area contributed by atoms with Crippen LogP contribution in [0.5, 0.6) is 11.5 Å². The number of benzene rings is 3. The monoisotopic (exact) mass is 1230 g/mol. The van der Waals surface area contributed by atoms with Gasteiger partial charge in [0.25, 0.3) is 0 Å². The number of nitrogens with zero attached hydrogens (tertiary/aromatic N) is 2. The van der Waals surface area contributed by atoms with E-state index in [1.807, 2.05) is 13.8 Å². The Morgan fingerprint density at radius 3 is 1.70 bits per heavy atom. The molecule has 5 rings (SSSR count). The lowest BCUT2D eigenvalue weighted by Crippen LogP contribution is -2.61. The number of likely N-dealkylation sites (tertiary alicyclic amines) is 1. The highest BCUT2D eigenvalue weighted by molar-refractivity contribution is 6.00. The number of phenols is 2. The summed E-state index contributed by atoms with van der Waals surface area (Å²) in [5.74, 6) is -13.0. The van der Waals surface area contributed by atoms with E-state index in [0.29, 0.717) is 27.6 Å². The fourth-order valence-corrected chi connectivity index (χ4v) is 9.84. The lowest BCUT2D eigenvalue weighted by atomic mass is 10.0. The van der Waals surface area contributed by atoms with E-state index in [0.717, 1.165) is 11.8 Å². The number of nitrogens with two attached hydrogens (primary N) is 4. The normalized spacial score (nSPS) is 16.0. The van der Waals surface area contributed by atoms with Crippen molar-refractivity contribution in [3.8, 4) is 11.5 Å². The molecule has 0 bridgehead atoms. The zero-order chi connectivity index (χ0) is 64.9. The van der Waals surface area contributed by atoms with Crippen LogP contribution >= 0.6 is 0 Å². The highest BCUT2D eigenvalue weighted by atomic mass is 16.4. The fraction of sp³-hybridized carbons (Fsp3) is 0.448. The molecule has 1 aliphatic heterocycles. The van der Waals surface area contributed by atoms with Gasteiger partial charge in [-0.3, -0.25) is 52.9 Å². The van der Waals surface area contributed by atoms with E-state index in [1.165, 1.54) is 48.5 Å². The molecule has 10 atom stereocenters. The minimum absolute atomic E-state index is 0.00649. The number of hydrogen-bond donors (Lipinski definition) is 17. The topological polar surface area (TPSA) is 509 Å². The first-order valence-corrected chi connectivity index (χ1v) is 28.4. The van der Waals surface area contributed by atoms with Gasteiger partial charge in [0, 0.05) is 49.5 Å². The number of carbonyl (C=O) groups is 11. The van der Waals surface area contributed by atoms with Gasteiger partial charge in [-0.25, -0.2) is 4.79 Å². The molecular weight excluding hydrogens is 1150 g/mol. The van der Waals surface area contributed by atoms with Crippen molar-refractivity contribution in [3.63, 3.8) is 0 Å². The smallest absolute Gasteiger partial charge is 0.328 e. The number of guanidine groups is 1. The Kier molecular flexibility index (Phi) is 25.5. The number of phenolic OH excluding ortho intramolecular Hbond substituents is 2. The van der Waals surface area contributed by atoms with Crippen molar-refractivity contribution < 1.29 is 78.3 Å². The van der Waals surface area contributed by atoms with Gasteiger partial charge in [-0.05, 0) is 92.0 Å². The molecule has 88 heavy (non-hydrogen) atoms. The van der Waals surface area contributed by atoms with Gasteiger partial charge in [-0.2, -0.15) is 0 Å². The van der Waals surface area contributed by atoms with Crippen LogP contribution in [0.4, 0.5) is 0 Å². The van der Waals surface area contributed by atoms with E-state index >= 15 is 0 Å². The number of carboxylic acids is 2. The van der Waals surface area contributed by atoms with Crippen molar-refractivity contribution >= 4 is 82.0 Å². The molecule has 2 heterocycles. The second-order valence-electron chi connectivity index (χ2n) is 21.9. The number of fused-ring (bicyclic) bond motifs is 1. The third-order valence-corrected chi connectivity index (χ3v) is 14.3. The van der Waals surface area contributed by atoms with Crippen molar-refractivity contribution in [2.45, 2.75) is 145 Å². The second kappa shape index (κ2) is 32.6. The molecule has 9 amide bonds. The standard InChI is InChI=1S/C58H78N14O16/c1-29(2)22-37(59)49(79)65-39(10-6-20-63-58(61)62)50(80)66-40(23-31-12-16-34(74)17-13-31)51(81)68-43(27-47(77)78)53(83)67-42(26-46(60)76)52(82)70-44(24-32-14-18-35(75)19-15-32)56(86)72-21-7-11-45(72)55(85)69-41(54(84)71-48(30(3)73)57(87)88)25-33-28-64-38-9-5-4-8-36(33)38/h4-5,8-9,12-19,28-30,37,39-45,48,64,73-75H,6-7,10-11,20-27,59H2,1-3H3,(H2,60,76)(H,65,79)(H,66,80)(H,67,83)(H,68,81)(H,69,85)(H,70,82)(H,71,84)(H,77,78)(H,87,88)(H4,61,62,63)/t30-,37+,39+,40+,41+,42+,43+,44+,45+,48+/m1/s1. The van der Waals surface area contributed by atoms with E-state index < -0.39 is 138 Å². The Hall–Kier alpha value is -9.84. The van der Waals surface area contributed by atoms with Crippen LogP contribution in [0, 0.1) is 5.92 Å².